The maximum atomic E-state index is 12.9. The monoisotopic (exact) mass is 256 g/mol. The van der Waals surface area contributed by atoms with Crippen molar-refractivity contribution in [2.24, 2.45) is 0 Å². The van der Waals surface area contributed by atoms with Crippen molar-refractivity contribution in [2.75, 3.05) is 13.1 Å². The van der Waals surface area contributed by atoms with E-state index in [2.05, 4.69) is 32.3 Å². The predicted octanol–water partition coefficient (Wildman–Crippen LogP) is 2.36. The van der Waals surface area contributed by atoms with E-state index in [4.69, 9.17) is 0 Å². The van der Waals surface area contributed by atoms with E-state index >= 15 is 0 Å². The lowest BCUT2D eigenvalue weighted by Gasteiger charge is -2.13. The molecule has 2 rings (SSSR count). The third-order valence-electron chi connectivity index (χ3n) is 2.20. The molecule has 0 saturated carbocycles. The fourth-order valence-electron chi connectivity index (χ4n) is 1.45. The van der Waals surface area contributed by atoms with Gasteiger partial charge in [-0.3, -0.25) is 0 Å². The van der Waals surface area contributed by atoms with Crippen LogP contribution >= 0.6 is 15.9 Å². The Balaban J connectivity index is 2.32. The average molecular weight is 257 g/mol. The van der Waals surface area contributed by atoms with Gasteiger partial charge in [0.15, 0.2) is 5.82 Å². The van der Waals surface area contributed by atoms with Crippen molar-refractivity contribution in [1.82, 2.24) is 10.3 Å². The lowest BCUT2D eigenvalue weighted by atomic mass is 10.1. The van der Waals surface area contributed by atoms with Gasteiger partial charge in [-0.05, 0) is 46.6 Å². The summed E-state index contributed by atoms with van der Waals surface area (Å²) in [5.74, 6) is -0.316. The maximum Gasteiger partial charge on any atom is 0.156 e. The molecule has 0 radical (unpaired) electrons. The van der Waals surface area contributed by atoms with Crippen molar-refractivity contribution < 1.29 is 4.39 Å². The van der Waals surface area contributed by atoms with Gasteiger partial charge in [0, 0.05) is 6.54 Å². The molecule has 0 unspecified atom stereocenters. The van der Waals surface area contributed by atoms with Crippen molar-refractivity contribution in [3.8, 4) is 0 Å². The Labute approximate surface area is 90.4 Å². The van der Waals surface area contributed by atoms with E-state index in [1.807, 2.05) is 0 Å². The molecule has 2 nitrogen and oxygen atoms in total. The number of pyridine rings is 1. The summed E-state index contributed by atoms with van der Waals surface area (Å²) in [6.45, 7) is 1.83. The number of aromatic nitrogens is 1. The maximum absolute atomic E-state index is 12.9. The van der Waals surface area contributed by atoms with E-state index in [0.717, 1.165) is 25.2 Å². The summed E-state index contributed by atoms with van der Waals surface area (Å²) >= 11 is 3.08. The van der Waals surface area contributed by atoms with Crippen LogP contribution in [0.3, 0.4) is 0 Å². The van der Waals surface area contributed by atoms with Crippen LogP contribution in [0.2, 0.25) is 0 Å². The van der Waals surface area contributed by atoms with E-state index in [0.29, 0.717) is 0 Å². The molecule has 0 saturated heterocycles. The second-order valence-corrected chi connectivity index (χ2v) is 3.90. The average Bonchev–Trinajstić information content (AvgIpc) is 2.23. The Kier molecular flexibility index (Phi) is 2.93. The molecule has 0 spiro atoms. The SMILES string of the molecule is Fc1ccc(C2=CCNCC2)nc1Br. The van der Waals surface area contributed by atoms with Gasteiger partial charge in [-0.15, -0.1) is 0 Å². The van der Waals surface area contributed by atoms with Crippen LogP contribution in [0.25, 0.3) is 5.57 Å². The lowest BCUT2D eigenvalue weighted by Crippen LogP contribution is -2.20. The quantitative estimate of drug-likeness (QED) is 0.781. The Hall–Kier alpha value is -0.740. The van der Waals surface area contributed by atoms with Crippen molar-refractivity contribution in [3.05, 3.63) is 34.3 Å². The number of nitrogens with one attached hydrogen (secondary N) is 1. The molecule has 1 aromatic rings. The molecule has 74 valence electrons. The van der Waals surface area contributed by atoms with Crippen LogP contribution in [-0.4, -0.2) is 18.1 Å². The van der Waals surface area contributed by atoms with Crippen LogP contribution in [0.1, 0.15) is 12.1 Å². The zero-order chi connectivity index (χ0) is 9.97. The Bertz CT molecular complexity index is 376. The number of hydrogen-bond acceptors (Lipinski definition) is 2. The summed E-state index contributed by atoms with van der Waals surface area (Å²) in [5.41, 5.74) is 2.05. The standard InChI is InChI=1S/C10H10BrFN2/c11-10-8(12)1-2-9(14-10)7-3-5-13-6-4-7/h1-3,13H,4-6H2. The van der Waals surface area contributed by atoms with Gasteiger partial charge in [0.05, 0.1) is 5.69 Å². The molecule has 4 heteroatoms. The first-order valence-corrected chi connectivity index (χ1v) is 5.29. The van der Waals surface area contributed by atoms with E-state index in [1.165, 1.54) is 11.6 Å². The van der Waals surface area contributed by atoms with Gasteiger partial charge in [0.2, 0.25) is 0 Å². The van der Waals surface area contributed by atoms with Gasteiger partial charge < -0.3 is 5.32 Å². The topological polar surface area (TPSA) is 24.9 Å². The van der Waals surface area contributed by atoms with Gasteiger partial charge in [0.25, 0.3) is 0 Å². The molecule has 0 atom stereocenters. The van der Waals surface area contributed by atoms with Crippen LogP contribution in [0.15, 0.2) is 22.8 Å². The van der Waals surface area contributed by atoms with Gasteiger partial charge in [-0.1, -0.05) is 6.08 Å². The highest BCUT2D eigenvalue weighted by molar-refractivity contribution is 9.10. The van der Waals surface area contributed by atoms with Crippen LogP contribution < -0.4 is 5.32 Å². The predicted molar refractivity (Wildman–Crippen MR) is 57.4 cm³/mol. The molecule has 0 aromatic carbocycles. The molecular formula is C10H10BrFN2. The van der Waals surface area contributed by atoms with Crippen LogP contribution in [0.4, 0.5) is 4.39 Å². The van der Waals surface area contributed by atoms with E-state index in [1.54, 1.807) is 6.07 Å². The molecular weight excluding hydrogens is 247 g/mol. The molecule has 1 N–H and O–H groups in total. The summed E-state index contributed by atoms with van der Waals surface area (Å²) in [6.07, 6.45) is 3.04. The number of nitrogens with zero attached hydrogens (tertiary/aromatic N) is 1. The smallest absolute Gasteiger partial charge is 0.156 e. The van der Waals surface area contributed by atoms with Gasteiger partial charge in [0.1, 0.15) is 4.60 Å². The van der Waals surface area contributed by atoms with E-state index in [-0.39, 0.29) is 10.4 Å². The van der Waals surface area contributed by atoms with E-state index < -0.39 is 0 Å². The summed E-state index contributed by atoms with van der Waals surface area (Å²) in [7, 11) is 0. The van der Waals surface area contributed by atoms with Gasteiger partial charge in [-0.2, -0.15) is 0 Å². The zero-order valence-corrected chi connectivity index (χ0v) is 9.14. The second kappa shape index (κ2) is 4.19. The fraction of sp³-hybridized carbons (Fsp3) is 0.300. The van der Waals surface area contributed by atoms with E-state index in [9.17, 15) is 4.39 Å². The Morgan fingerprint density at radius 2 is 2.29 bits per heavy atom. The molecule has 2 heterocycles. The number of halogens is 2. The third kappa shape index (κ3) is 2.01. The Morgan fingerprint density at radius 1 is 1.43 bits per heavy atom. The van der Waals surface area contributed by atoms with Crippen LogP contribution in [0, 0.1) is 5.82 Å². The van der Waals surface area contributed by atoms with Crippen molar-refractivity contribution >= 4 is 21.5 Å². The summed E-state index contributed by atoms with van der Waals surface area (Å²) in [5, 5.41) is 3.22. The van der Waals surface area contributed by atoms with Crippen LogP contribution in [0.5, 0.6) is 0 Å². The highest BCUT2D eigenvalue weighted by atomic mass is 79.9. The minimum Gasteiger partial charge on any atom is -0.313 e. The molecule has 0 aliphatic carbocycles. The number of rotatable bonds is 1. The molecule has 0 fully saturated rings. The zero-order valence-electron chi connectivity index (χ0n) is 7.56. The molecule has 14 heavy (non-hydrogen) atoms. The molecule has 1 aromatic heterocycles. The highest BCUT2D eigenvalue weighted by Crippen LogP contribution is 2.21. The van der Waals surface area contributed by atoms with Gasteiger partial charge in [-0.25, -0.2) is 9.37 Å². The third-order valence-corrected chi connectivity index (χ3v) is 2.75. The summed E-state index contributed by atoms with van der Waals surface area (Å²) < 4.78 is 13.2. The van der Waals surface area contributed by atoms with Crippen molar-refractivity contribution in [1.29, 1.82) is 0 Å². The molecule has 1 aliphatic heterocycles. The molecule has 1 aliphatic rings. The molecule has 0 amide bonds. The number of hydrogen-bond donors (Lipinski definition) is 1. The summed E-state index contributed by atoms with van der Waals surface area (Å²) in [6, 6.07) is 3.16. The fourth-order valence-corrected chi connectivity index (χ4v) is 1.77. The van der Waals surface area contributed by atoms with Crippen molar-refractivity contribution in [2.45, 2.75) is 6.42 Å². The summed E-state index contributed by atoms with van der Waals surface area (Å²) in [4.78, 5) is 4.14. The largest absolute Gasteiger partial charge is 0.313 e. The first-order valence-electron chi connectivity index (χ1n) is 4.49. The van der Waals surface area contributed by atoms with Gasteiger partial charge >= 0.3 is 0 Å². The van der Waals surface area contributed by atoms with Crippen LogP contribution in [-0.2, 0) is 0 Å². The minimum absolute atomic E-state index is 0.287. The Morgan fingerprint density at radius 3 is 2.93 bits per heavy atom. The highest BCUT2D eigenvalue weighted by Gasteiger charge is 2.08. The molecule has 0 bridgehead atoms. The van der Waals surface area contributed by atoms with Crippen molar-refractivity contribution in [3.63, 3.8) is 0 Å². The first-order chi connectivity index (χ1) is 6.77. The minimum atomic E-state index is -0.316. The second-order valence-electron chi connectivity index (χ2n) is 3.15. The normalized spacial score (nSPS) is 16.6. The lowest BCUT2D eigenvalue weighted by molar-refractivity contribution is 0.612. The first kappa shape index (κ1) is 9.80.